The Hall–Kier alpha value is -3.73. The fourth-order valence-corrected chi connectivity index (χ4v) is 2.14. The molecule has 3 N–H and O–H groups in total. The van der Waals surface area contributed by atoms with Gasteiger partial charge in [0.25, 0.3) is 5.91 Å². The van der Waals surface area contributed by atoms with E-state index >= 15 is 0 Å². The maximum atomic E-state index is 12.2. The lowest BCUT2D eigenvalue weighted by Crippen LogP contribution is -2.21. The van der Waals surface area contributed by atoms with Gasteiger partial charge in [0.05, 0.1) is 37.5 Å². The molecule has 8 heteroatoms. The minimum atomic E-state index is -0.471. The summed E-state index contributed by atoms with van der Waals surface area (Å²) in [6.45, 7) is -0.154. The third-order valence-corrected chi connectivity index (χ3v) is 3.42. The Morgan fingerprint density at radius 3 is 2.59 bits per heavy atom. The van der Waals surface area contributed by atoms with Gasteiger partial charge in [-0.05, 0) is 24.3 Å². The molecule has 0 unspecified atom stereocenters. The normalized spacial score (nSPS) is 9.78. The molecule has 8 nitrogen and oxygen atoms in total. The van der Waals surface area contributed by atoms with Crippen LogP contribution in [0, 0.1) is 11.3 Å². The topological polar surface area (TPSA) is 124 Å². The van der Waals surface area contributed by atoms with Crippen molar-refractivity contribution < 1.29 is 23.8 Å². The Morgan fingerprint density at radius 1 is 1.11 bits per heavy atom. The molecule has 0 heterocycles. The van der Waals surface area contributed by atoms with Crippen LogP contribution in [0.1, 0.15) is 12.0 Å². The van der Waals surface area contributed by atoms with Gasteiger partial charge in [-0.1, -0.05) is 12.1 Å². The zero-order valence-electron chi connectivity index (χ0n) is 14.7. The molecule has 2 amide bonds. The standard InChI is InChI=1S/C19H19N3O5/c1-25-17-10-13(11-20)6-7-16(17)27-12-19(24)22-14-4-2-3-5-15(14)26-9-8-18(21)23/h2-7,10H,8-9,12H2,1H3,(H2,21,23)(H,22,24). The zero-order valence-corrected chi connectivity index (χ0v) is 14.7. The molecular formula is C19H19N3O5. The number of hydrogen-bond acceptors (Lipinski definition) is 6. The predicted molar refractivity (Wildman–Crippen MR) is 97.6 cm³/mol. The summed E-state index contributed by atoms with van der Waals surface area (Å²) in [6, 6.07) is 13.5. The molecule has 0 saturated carbocycles. The quantitative estimate of drug-likeness (QED) is 0.695. The maximum absolute atomic E-state index is 12.2. The molecule has 0 saturated heterocycles. The van der Waals surface area contributed by atoms with Crippen molar-refractivity contribution in [3.8, 4) is 23.3 Å². The lowest BCUT2D eigenvalue weighted by molar-refractivity contribution is -0.119. The molecule has 140 valence electrons. The van der Waals surface area contributed by atoms with E-state index < -0.39 is 11.8 Å². The summed E-state index contributed by atoms with van der Waals surface area (Å²) in [6.07, 6.45) is 0.0733. The number of nitriles is 1. The fourth-order valence-electron chi connectivity index (χ4n) is 2.14. The monoisotopic (exact) mass is 369 g/mol. The van der Waals surface area contributed by atoms with Gasteiger partial charge in [-0.15, -0.1) is 0 Å². The van der Waals surface area contributed by atoms with Crippen LogP contribution in [0.5, 0.6) is 17.2 Å². The molecule has 0 spiro atoms. The summed E-state index contributed by atoms with van der Waals surface area (Å²) in [5, 5.41) is 11.6. The van der Waals surface area contributed by atoms with E-state index in [9.17, 15) is 9.59 Å². The Labute approximate surface area is 156 Å². The van der Waals surface area contributed by atoms with Gasteiger partial charge >= 0.3 is 0 Å². The first kappa shape index (κ1) is 19.6. The summed E-state index contributed by atoms with van der Waals surface area (Å²) in [4.78, 5) is 23.0. The van der Waals surface area contributed by atoms with E-state index in [2.05, 4.69) is 5.32 Å². The average molecular weight is 369 g/mol. The van der Waals surface area contributed by atoms with Gasteiger partial charge in [0.15, 0.2) is 18.1 Å². The molecule has 0 aliphatic heterocycles. The molecule has 0 fully saturated rings. The van der Waals surface area contributed by atoms with Gasteiger partial charge < -0.3 is 25.3 Å². The number of carbonyl (C=O) groups is 2. The second kappa shape index (κ2) is 9.68. The molecule has 0 aliphatic rings. The van der Waals surface area contributed by atoms with E-state index in [4.69, 9.17) is 25.2 Å². The number of rotatable bonds is 9. The molecular weight excluding hydrogens is 350 g/mol. The number of benzene rings is 2. The van der Waals surface area contributed by atoms with E-state index in [1.54, 1.807) is 36.4 Å². The van der Waals surface area contributed by atoms with Crippen molar-refractivity contribution in [2.45, 2.75) is 6.42 Å². The zero-order chi connectivity index (χ0) is 19.6. The van der Waals surface area contributed by atoms with Crippen molar-refractivity contribution in [1.82, 2.24) is 0 Å². The molecule has 2 aromatic rings. The van der Waals surface area contributed by atoms with Crippen molar-refractivity contribution in [1.29, 1.82) is 5.26 Å². The third kappa shape index (κ3) is 5.93. The van der Waals surface area contributed by atoms with Crippen LogP contribution in [0.25, 0.3) is 0 Å². The number of anilines is 1. The number of nitrogens with zero attached hydrogens (tertiary/aromatic N) is 1. The highest BCUT2D eigenvalue weighted by molar-refractivity contribution is 5.93. The SMILES string of the molecule is COc1cc(C#N)ccc1OCC(=O)Nc1ccccc1OCCC(N)=O. The first-order valence-electron chi connectivity index (χ1n) is 8.04. The smallest absolute Gasteiger partial charge is 0.262 e. The Kier molecular flexibility index (Phi) is 7.02. The average Bonchev–Trinajstić information content (AvgIpc) is 2.67. The van der Waals surface area contributed by atoms with Crippen LogP contribution in [0.4, 0.5) is 5.69 Å². The first-order valence-corrected chi connectivity index (χ1v) is 8.04. The number of carbonyl (C=O) groups excluding carboxylic acids is 2. The Morgan fingerprint density at radius 2 is 1.89 bits per heavy atom. The van der Waals surface area contributed by atoms with Crippen molar-refractivity contribution >= 4 is 17.5 Å². The summed E-state index contributed by atoms with van der Waals surface area (Å²) in [5.41, 5.74) is 5.95. The molecule has 0 bridgehead atoms. The minimum Gasteiger partial charge on any atom is -0.493 e. The van der Waals surface area contributed by atoms with Gasteiger partial charge in [-0.2, -0.15) is 5.26 Å². The maximum Gasteiger partial charge on any atom is 0.262 e. The first-order chi connectivity index (χ1) is 13.0. The Bertz CT molecular complexity index is 861. The number of hydrogen-bond donors (Lipinski definition) is 2. The molecule has 2 rings (SSSR count). The van der Waals surface area contributed by atoms with Crippen LogP contribution >= 0.6 is 0 Å². The number of amides is 2. The van der Waals surface area contributed by atoms with E-state index in [0.717, 1.165) is 0 Å². The lowest BCUT2D eigenvalue weighted by Gasteiger charge is -2.13. The van der Waals surface area contributed by atoms with E-state index in [1.807, 2.05) is 6.07 Å². The summed E-state index contributed by atoms with van der Waals surface area (Å²) >= 11 is 0. The van der Waals surface area contributed by atoms with Crippen LogP contribution in [0.15, 0.2) is 42.5 Å². The highest BCUT2D eigenvalue weighted by Gasteiger charge is 2.11. The van der Waals surface area contributed by atoms with Crippen molar-refractivity contribution in [3.05, 3.63) is 48.0 Å². The highest BCUT2D eigenvalue weighted by atomic mass is 16.5. The second-order valence-electron chi connectivity index (χ2n) is 5.38. The van der Waals surface area contributed by atoms with Gasteiger partial charge in [-0.25, -0.2) is 0 Å². The molecule has 27 heavy (non-hydrogen) atoms. The van der Waals surface area contributed by atoms with Crippen LogP contribution in [0.3, 0.4) is 0 Å². The molecule has 0 radical (unpaired) electrons. The summed E-state index contributed by atoms with van der Waals surface area (Å²) < 4.78 is 16.1. The number of primary amides is 1. The van der Waals surface area contributed by atoms with Gasteiger partial charge in [0.2, 0.25) is 5.91 Å². The number of nitrogens with two attached hydrogens (primary N) is 1. The van der Waals surface area contributed by atoms with Crippen LogP contribution in [-0.4, -0.2) is 32.1 Å². The van der Waals surface area contributed by atoms with Gasteiger partial charge in [0.1, 0.15) is 5.75 Å². The number of nitrogens with one attached hydrogen (secondary N) is 1. The van der Waals surface area contributed by atoms with Crippen LogP contribution in [-0.2, 0) is 9.59 Å². The van der Waals surface area contributed by atoms with Crippen LogP contribution < -0.4 is 25.3 Å². The Balaban J connectivity index is 1.96. The predicted octanol–water partition coefficient (Wildman–Crippen LogP) is 1.84. The van der Waals surface area contributed by atoms with E-state index in [-0.39, 0.29) is 19.6 Å². The van der Waals surface area contributed by atoms with E-state index in [1.165, 1.54) is 13.2 Å². The number of methoxy groups -OCH3 is 1. The van der Waals surface area contributed by atoms with Crippen molar-refractivity contribution in [2.24, 2.45) is 5.73 Å². The highest BCUT2D eigenvalue weighted by Crippen LogP contribution is 2.28. The number of ether oxygens (including phenoxy) is 3. The second-order valence-corrected chi connectivity index (χ2v) is 5.38. The lowest BCUT2D eigenvalue weighted by atomic mass is 10.2. The third-order valence-electron chi connectivity index (χ3n) is 3.42. The van der Waals surface area contributed by atoms with Crippen LogP contribution in [0.2, 0.25) is 0 Å². The fraction of sp³-hybridized carbons (Fsp3) is 0.211. The van der Waals surface area contributed by atoms with Crippen molar-refractivity contribution in [3.63, 3.8) is 0 Å². The molecule has 0 aliphatic carbocycles. The molecule has 0 aromatic heterocycles. The van der Waals surface area contributed by atoms with Gasteiger partial charge in [-0.3, -0.25) is 9.59 Å². The van der Waals surface area contributed by atoms with Crippen molar-refractivity contribution in [2.75, 3.05) is 25.6 Å². The minimum absolute atomic E-state index is 0.0733. The summed E-state index contributed by atoms with van der Waals surface area (Å²) in [7, 11) is 1.45. The summed E-state index contributed by atoms with van der Waals surface area (Å²) in [5.74, 6) is 0.242. The largest absolute Gasteiger partial charge is 0.493 e. The van der Waals surface area contributed by atoms with E-state index in [0.29, 0.717) is 28.5 Å². The number of para-hydroxylation sites is 2. The van der Waals surface area contributed by atoms with Gasteiger partial charge in [0, 0.05) is 6.07 Å². The molecule has 0 atom stereocenters. The molecule has 2 aromatic carbocycles.